The molecular formula is C13H16F2N2O. The zero-order chi connectivity index (χ0) is 13.3. The van der Waals surface area contributed by atoms with Gasteiger partial charge >= 0.3 is 0 Å². The van der Waals surface area contributed by atoms with Crippen LogP contribution < -0.4 is 5.73 Å². The molecule has 1 saturated carbocycles. The summed E-state index contributed by atoms with van der Waals surface area (Å²) < 4.78 is 26.7. The van der Waals surface area contributed by atoms with Crippen molar-refractivity contribution in [2.75, 3.05) is 12.3 Å². The molecule has 2 rings (SSSR count). The fraction of sp³-hybridized carbons (Fsp3) is 0.462. The number of amides is 1. The first kappa shape index (κ1) is 12.8. The average molecular weight is 254 g/mol. The minimum Gasteiger partial charge on any atom is -0.396 e. The van der Waals surface area contributed by atoms with Gasteiger partial charge in [-0.2, -0.15) is 0 Å². The van der Waals surface area contributed by atoms with Crippen molar-refractivity contribution in [1.82, 2.24) is 4.90 Å². The van der Waals surface area contributed by atoms with E-state index in [0.717, 1.165) is 25.3 Å². The fourth-order valence-corrected chi connectivity index (χ4v) is 1.96. The molecular weight excluding hydrogens is 238 g/mol. The molecule has 2 N–H and O–H groups in total. The summed E-state index contributed by atoms with van der Waals surface area (Å²) in [5.41, 5.74) is 5.03. The molecule has 1 aliphatic carbocycles. The molecule has 3 nitrogen and oxygen atoms in total. The Labute approximate surface area is 105 Å². The highest BCUT2D eigenvalue weighted by atomic mass is 19.1. The van der Waals surface area contributed by atoms with Crippen molar-refractivity contribution in [2.45, 2.75) is 32.2 Å². The van der Waals surface area contributed by atoms with E-state index in [1.165, 1.54) is 0 Å². The molecule has 0 aromatic heterocycles. The number of halogens is 2. The second kappa shape index (κ2) is 4.92. The molecule has 0 aliphatic heterocycles. The second-order valence-corrected chi connectivity index (χ2v) is 4.58. The Balaban J connectivity index is 2.29. The van der Waals surface area contributed by atoms with Gasteiger partial charge in [0.2, 0.25) is 0 Å². The molecule has 1 aromatic rings. The van der Waals surface area contributed by atoms with E-state index in [9.17, 15) is 13.6 Å². The Morgan fingerprint density at radius 3 is 2.61 bits per heavy atom. The Morgan fingerprint density at radius 2 is 2.06 bits per heavy atom. The smallest absolute Gasteiger partial charge is 0.257 e. The first-order chi connectivity index (χ1) is 8.54. The molecule has 5 heteroatoms. The van der Waals surface area contributed by atoms with E-state index in [2.05, 4.69) is 0 Å². The van der Waals surface area contributed by atoms with Crippen LogP contribution in [0, 0.1) is 11.6 Å². The van der Waals surface area contributed by atoms with Gasteiger partial charge in [0, 0.05) is 18.7 Å². The minimum absolute atomic E-state index is 0.144. The third kappa shape index (κ3) is 2.44. The van der Waals surface area contributed by atoms with Gasteiger partial charge in [0.15, 0.2) is 0 Å². The van der Waals surface area contributed by atoms with E-state index in [1.807, 2.05) is 6.92 Å². The summed E-state index contributed by atoms with van der Waals surface area (Å²) in [5, 5.41) is 0. The SMILES string of the molecule is CCCN(C(=O)c1cc(N)c(F)cc1F)C1CC1. The van der Waals surface area contributed by atoms with Crippen LogP contribution in [0.25, 0.3) is 0 Å². The van der Waals surface area contributed by atoms with Crippen molar-refractivity contribution >= 4 is 11.6 Å². The lowest BCUT2D eigenvalue weighted by Crippen LogP contribution is -2.34. The van der Waals surface area contributed by atoms with Crippen LogP contribution >= 0.6 is 0 Å². The number of nitrogens with zero attached hydrogens (tertiary/aromatic N) is 1. The summed E-state index contributed by atoms with van der Waals surface area (Å²) in [6, 6.07) is 1.94. The Bertz CT molecular complexity index is 472. The normalized spacial score (nSPS) is 14.6. The van der Waals surface area contributed by atoms with Gasteiger partial charge < -0.3 is 10.6 Å². The van der Waals surface area contributed by atoms with Crippen molar-refractivity contribution in [3.05, 3.63) is 29.3 Å². The molecule has 0 atom stereocenters. The third-order valence-corrected chi connectivity index (χ3v) is 3.03. The van der Waals surface area contributed by atoms with Gasteiger partial charge in [-0.05, 0) is 25.3 Å². The predicted octanol–water partition coefficient (Wildman–Crippen LogP) is 2.56. The van der Waals surface area contributed by atoms with Crippen LogP contribution in [0.5, 0.6) is 0 Å². The molecule has 1 amide bonds. The van der Waals surface area contributed by atoms with Gasteiger partial charge in [-0.15, -0.1) is 0 Å². The number of benzene rings is 1. The molecule has 0 radical (unpaired) electrons. The summed E-state index contributed by atoms with van der Waals surface area (Å²) in [4.78, 5) is 13.9. The molecule has 1 fully saturated rings. The Kier molecular flexibility index (Phi) is 3.50. The molecule has 1 aromatic carbocycles. The van der Waals surface area contributed by atoms with Gasteiger partial charge in [0.1, 0.15) is 11.6 Å². The summed E-state index contributed by atoms with van der Waals surface area (Å²) in [5.74, 6) is -2.09. The predicted molar refractivity (Wildman–Crippen MR) is 65.1 cm³/mol. The number of nitrogen functional groups attached to an aromatic ring is 1. The highest BCUT2D eigenvalue weighted by Crippen LogP contribution is 2.29. The summed E-state index contributed by atoms with van der Waals surface area (Å²) in [7, 11) is 0. The number of hydrogen-bond donors (Lipinski definition) is 1. The largest absolute Gasteiger partial charge is 0.396 e. The Morgan fingerprint density at radius 1 is 1.39 bits per heavy atom. The van der Waals surface area contributed by atoms with E-state index in [1.54, 1.807) is 4.90 Å². The van der Waals surface area contributed by atoms with Crippen LogP contribution in [0.3, 0.4) is 0 Å². The van der Waals surface area contributed by atoms with Crippen LogP contribution in [0.15, 0.2) is 12.1 Å². The first-order valence-electron chi connectivity index (χ1n) is 6.10. The van der Waals surface area contributed by atoms with Gasteiger partial charge in [-0.25, -0.2) is 8.78 Å². The van der Waals surface area contributed by atoms with Gasteiger partial charge in [0.05, 0.1) is 11.3 Å². The lowest BCUT2D eigenvalue weighted by molar-refractivity contribution is 0.0738. The number of nitrogens with two attached hydrogens (primary N) is 1. The van der Waals surface area contributed by atoms with Crippen molar-refractivity contribution in [1.29, 1.82) is 0 Å². The Hall–Kier alpha value is -1.65. The van der Waals surface area contributed by atoms with Crippen LogP contribution in [0.1, 0.15) is 36.5 Å². The quantitative estimate of drug-likeness (QED) is 0.839. The minimum atomic E-state index is -0.853. The summed E-state index contributed by atoms with van der Waals surface area (Å²) >= 11 is 0. The van der Waals surface area contributed by atoms with Crippen LogP contribution in [0.4, 0.5) is 14.5 Å². The monoisotopic (exact) mass is 254 g/mol. The molecule has 0 unspecified atom stereocenters. The standard InChI is InChI=1S/C13H16F2N2O/c1-2-5-17(8-3-4-8)13(18)9-6-12(16)11(15)7-10(9)14/h6-8H,2-5,16H2,1H3. The number of rotatable bonds is 4. The topological polar surface area (TPSA) is 46.3 Å². The molecule has 0 heterocycles. The zero-order valence-corrected chi connectivity index (χ0v) is 10.2. The fourth-order valence-electron chi connectivity index (χ4n) is 1.96. The number of anilines is 1. The summed E-state index contributed by atoms with van der Waals surface area (Å²) in [6.07, 6.45) is 2.70. The maximum absolute atomic E-state index is 13.6. The van der Waals surface area contributed by atoms with E-state index in [0.29, 0.717) is 12.6 Å². The van der Waals surface area contributed by atoms with Gasteiger partial charge in [-0.1, -0.05) is 6.92 Å². The number of hydrogen-bond acceptors (Lipinski definition) is 2. The van der Waals surface area contributed by atoms with Gasteiger partial charge in [-0.3, -0.25) is 4.79 Å². The molecule has 0 bridgehead atoms. The highest BCUT2D eigenvalue weighted by molar-refractivity contribution is 5.95. The average Bonchev–Trinajstić information content (AvgIpc) is 3.14. The molecule has 0 spiro atoms. The molecule has 1 aliphatic rings. The van der Waals surface area contributed by atoms with E-state index in [4.69, 9.17) is 5.73 Å². The van der Waals surface area contributed by atoms with Crippen molar-refractivity contribution in [3.8, 4) is 0 Å². The molecule has 98 valence electrons. The van der Waals surface area contributed by atoms with E-state index >= 15 is 0 Å². The maximum Gasteiger partial charge on any atom is 0.257 e. The lowest BCUT2D eigenvalue weighted by Gasteiger charge is -2.22. The van der Waals surface area contributed by atoms with Gasteiger partial charge in [0.25, 0.3) is 5.91 Å². The van der Waals surface area contributed by atoms with Crippen molar-refractivity contribution in [2.24, 2.45) is 0 Å². The van der Waals surface area contributed by atoms with Crippen molar-refractivity contribution in [3.63, 3.8) is 0 Å². The van der Waals surface area contributed by atoms with Crippen LogP contribution in [-0.4, -0.2) is 23.4 Å². The molecule has 0 saturated heterocycles. The second-order valence-electron chi connectivity index (χ2n) is 4.58. The molecule has 18 heavy (non-hydrogen) atoms. The van der Waals surface area contributed by atoms with Crippen LogP contribution in [-0.2, 0) is 0 Å². The maximum atomic E-state index is 13.6. The first-order valence-corrected chi connectivity index (χ1v) is 6.10. The third-order valence-electron chi connectivity index (χ3n) is 3.03. The van der Waals surface area contributed by atoms with E-state index < -0.39 is 17.5 Å². The summed E-state index contributed by atoms with van der Waals surface area (Å²) in [6.45, 7) is 2.54. The van der Waals surface area contributed by atoms with E-state index in [-0.39, 0.29) is 17.3 Å². The highest BCUT2D eigenvalue weighted by Gasteiger charge is 2.33. The zero-order valence-electron chi connectivity index (χ0n) is 10.2. The lowest BCUT2D eigenvalue weighted by atomic mass is 10.1. The van der Waals surface area contributed by atoms with Crippen molar-refractivity contribution < 1.29 is 13.6 Å². The number of carbonyl (C=O) groups is 1. The number of carbonyl (C=O) groups excluding carboxylic acids is 1. The van der Waals surface area contributed by atoms with Crippen LogP contribution in [0.2, 0.25) is 0 Å².